The van der Waals surface area contributed by atoms with Crippen molar-refractivity contribution >= 4 is 16.8 Å². The summed E-state index contributed by atoms with van der Waals surface area (Å²) < 4.78 is 0. The quantitative estimate of drug-likeness (QED) is 0.774. The molecule has 3 unspecified atom stereocenters. The predicted molar refractivity (Wildman–Crippen MR) is 96.1 cm³/mol. The van der Waals surface area contributed by atoms with Gasteiger partial charge in [0.25, 0.3) is 5.91 Å². The normalized spacial score (nSPS) is 24.1. The highest BCUT2D eigenvalue weighted by molar-refractivity contribution is 6.07. The van der Waals surface area contributed by atoms with Crippen LogP contribution in [0.1, 0.15) is 16.8 Å². The summed E-state index contributed by atoms with van der Waals surface area (Å²) in [5, 5.41) is 7.53. The van der Waals surface area contributed by atoms with Gasteiger partial charge in [-0.1, -0.05) is 24.3 Å². The maximum atomic E-state index is 13.0. The summed E-state index contributed by atoms with van der Waals surface area (Å²) in [6, 6.07) is 16.0. The van der Waals surface area contributed by atoms with Gasteiger partial charge in [-0.2, -0.15) is 0 Å². The zero-order chi connectivity index (χ0) is 16.8. The number of fused-ring (bicyclic) bond motifs is 2. The topological polar surface area (TPSA) is 66.9 Å². The first-order valence-electron chi connectivity index (χ1n) is 8.65. The second kappa shape index (κ2) is 5.63. The Morgan fingerprint density at radius 2 is 2.00 bits per heavy atom. The summed E-state index contributed by atoms with van der Waals surface area (Å²) in [6.07, 6.45) is 2.91. The smallest absolute Gasteiger partial charge is 0.252 e. The van der Waals surface area contributed by atoms with Crippen LogP contribution in [0.3, 0.4) is 0 Å². The molecule has 3 fully saturated rings. The van der Waals surface area contributed by atoms with E-state index in [1.54, 1.807) is 6.20 Å². The van der Waals surface area contributed by atoms with E-state index in [1.165, 1.54) is 6.42 Å². The monoisotopic (exact) mass is 330 g/mol. The van der Waals surface area contributed by atoms with Gasteiger partial charge in [0.05, 0.1) is 22.5 Å². The van der Waals surface area contributed by atoms with E-state index in [0.29, 0.717) is 17.5 Å². The molecule has 2 N–H and O–H groups in total. The molecule has 0 radical (unpaired) electrons. The molecular formula is C20H18N4O. The second-order valence-electron chi connectivity index (χ2n) is 6.80. The Morgan fingerprint density at radius 1 is 1.12 bits per heavy atom. The summed E-state index contributed by atoms with van der Waals surface area (Å²) in [5.74, 6) is 0.538. The highest BCUT2D eigenvalue weighted by atomic mass is 16.1. The van der Waals surface area contributed by atoms with Crippen molar-refractivity contribution in [3.05, 3.63) is 60.3 Å². The molecular weight excluding hydrogens is 312 g/mol. The molecule has 4 heterocycles. The van der Waals surface area contributed by atoms with Gasteiger partial charge < -0.3 is 10.6 Å². The molecule has 5 nitrogen and oxygen atoms in total. The second-order valence-corrected chi connectivity index (χ2v) is 6.80. The van der Waals surface area contributed by atoms with Crippen LogP contribution >= 0.6 is 0 Å². The van der Waals surface area contributed by atoms with E-state index in [1.807, 2.05) is 48.5 Å². The third kappa shape index (κ3) is 2.39. The minimum Gasteiger partial charge on any atom is -0.347 e. The molecule has 2 aromatic heterocycles. The molecule has 2 saturated heterocycles. The Labute approximate surface area is 145 Å². The molecule has 3 atom stereocenters. The standard InChI is InChI=1S/C20H18N4O/c25-20(24-19-12-9-18(19)22-11-12)14-10-17(16-7-3-4-8-21-16)23-15-6-2-1-5-13(14)15/h1-8,10,12,18-19,22H,9,11H2,(H,24,25). The van der Waals surface area contributed by atoms with Crippen LogP contribution in [0.4, 0.5) is 0 Å². The van der Waals surface area contributed by atoms with Crippen molar-refractivity contribution in [3.8, 4) is 11.4 Å². The van der Waals surface area contributed by atoms with Gasteiger partial charge in [0.15, 0.2) is 0 Å². The van der Waals surface area contributed by atoms with Crippen LogP contribution in [0.25, 0.3) is 22.3 Å². The van der Waals surface area contributed by atoms with Crippen molar-refractivity contribution in [2.24, 2.45) is 5.92 Å². The Balaban J connectivity index is 1.57. The van der Waals surface area contributed by atoms with Gasteiger partial charge in [-0.05, 0) is 36.6 Å². The van der Waals surface area contributed by atoms with Gasteiger partial charge in [-0.15, -0.1) is 0 Å². The molecule has 1 saturated carbocycles. The number of aromatic nitrogens is 2. The van der Waals surface area contributed by atoms with Crippen LogP contribution in [-0.2, 0) is 0 Å². The Kier molecular flexibility index (Phi) is 3.28. The van der Waals surface area contributed by atoms with Crippen molar-refractivity contribution in [2.45, 2.75) is 18.5 Å². The number of hydrogen-bond acceptors (Lipinski definition) is 4. The van der Waals surface area contributed by atoms with E-state index in [9.17, 15) is 4.79 Å². The molecule has 124 valence electrons. The summed E-state index contributed by atoms with van der Waals surface area (Å²) in [6.45, 7) is 1.01. The van der Waals surface area contributed by atoms with Gasteiger partial charge in [0.1, 0.15) is 0 Å². The molecule has 1 aromatic carbocycles. The molecule has 2 aliphatic heterocycles. The molecule has 5 heteroatoms. The van der Waals surface area contributed by atoms with Crippen LogP contribution in [0, 0.1) is 5.92 Å². The first-order chi connectivity index (χ1) is 12.3. The number of hydrogen-bond donors (Lipinski definition) is 2. The van der Waals surface area contributed by atoms with Gasteiger partial charge in [-0.3, -0.25) is 9.78 Å². The molecule has 0 spiro atoms. The number of nitrogens with one attached hydrogen (secondary N) is 2. The summed E-state index contributed by atoms with van der Waals surface area (Å²) >= 11 is 0. The van der Waals surface area contributed by atoms with Crippen LogP contribution in [-0.4, -0.2) is 34.5 Å². The fraction of sp³-hybridized carbons (Fsp3) is 0.250. The number of nitrogens with zero attached hydrogens (tertiary/aromatic N) is 2. The SMILES string of the molecule is O=C(NC1C2CNC1C2)c1cc(-c2ccccn2)nc2ccccc12. The van der Waals surface area contributed by atoms with Gasteiger partial charge in [0, 0.05) is 30.2 Å². The number of benzene rings is 1. The number of para-hydroxylation sites is 1. The van der Waals surface area contributed by atoms with Crippen LogP contribution in [0.15, 0.2) is 54.7 Å². The largest absolute Gasteiger partial charge is 0.347 e. The first-order valence-corrected chi connectivity index (χ1v) is 8.65. The Morgan fingerprint density at radius 3 is 2.76 bits per heavy atom. The average Bonchev–Trinajstić information content (AvgIpc) is 3.30. The number of carbonyl (C=O) groups is 1. The van der Waals surface area contributed by atoms with Gasteiger partial charge in [-0.25, -0.2) is 4.98 Å². The first kappa shape index (κ1) is 14.5. The highest BCUT2D eigenvalue weighted by Crippen LogP contribution is 2.34. The molecule has 3 aliphatic rings. The fourth-order valence-electron chi connectivity index (χ4n) is 3.93. The lowest BCUT2D eigenvalue weighted by Gasteiger charge is -2.35. The van der Waals surface area contributed by atoms with E-state index in [2.05, 4.69) is 20.6 Å². The van der Waals surface area contributed by atoms with Gasteiger partial charge in [0.2, 0.25) is 0 Å². The van der Waals surface area contributed by atoms with Crippen molar-refractivity contribution < 1.29 is 4.79 Å². The third-order valence-corrected chi connectivity index (χ3v) is 5.33. The van der Waals surface area contributed by atoms with Crippen molar-refractivity contribution in [1.29, 1.82) is 0 Å². The van der Waals surface area contributed by atoms with E-state index in [0.717, 1.165) is 28.8 Å². The molecule has 3 aromatic rings. The molecule has 2 bridgehead atoms. The zero-order valence-electron chi connectivity index (χ0n) is 13.6. The molecule has 25 heavy (non-hydrogen) atoms. The maximum Gasteiger partial charge on any atom is 0.252 e. The highest BCUT2D eigenvalue weighted by Gasteiger charge is 2.47. The van der Waals surface area contributed by atoms with Crippen LogP contribution < -0.4 is 10.6 Å². The number of rotatable bonds is 3. The fourth-order valence-corrected chi connectivity index (χ4v) is 3.93. The van der Waals surface area contributed by atoms with E-state index in [-0.39, 0.29) is 11.9 Å². The third-order valence-electron chi connectivity index (χ3n) is 5.33. The number of pyridine rings is 2. The lowest BCUT2D eigenvalue weighted by molar-refractivity contribution is 0.0893. The lowest BCUT2D eigenvalue weighted by atomic mass is 9.80. The summed E-state index contributed by atoms with van der Waals surface area (Å²) in [5.41, 5.74) is 2.97. The Hall–Kier alpha value is -2.79. The molecule has 1 amide bonds. The predicted octanol–water partition coefficient (Wildman–Crippen LogP) is 2.39. The minimum atomic E-state index is -0.0285. The van der Waals surface area contributed by atoms with Crippen molar-refractivity contribution in [1.82, 2.24) is 20.6 Å². The van der Waals surface area contributed by atoms with E-state index in [4.69, 9.17) is 0 Å². The lowest BCUT2D eigenvalue weighted by Crippen LogP contribution is -2.54. The average molecular weight is 330 g/mol. The summed E-state index contributed by atoms with van der Waals surface area (Å²) in [7, 11) is 0. The summed E-state index contributed by atoms with van der Waals surface area (Å²) in [4.78, 5) is 22.0. The number of amides is 1. The minimum absolute atomic E-state index is 0.0285. The number of carbonyl (C=O) groups excluding carboxylic acids is 1. The van der Waals surface area contributed by atoms with Gasteiger partial charge >= 0.3 is 0 Å². The van der Waals surface area contributed by atoms with E-state index >= 15 is 0 Å². The van der Waals surface area contributed by atoms with E-state index < -0.39 is 0 Å². The van der Waals surface area contributed by atoms with Crippen LogP contribution in [0.2, 0.25) is 0 Å². The van der Waals surface area contributed by atoms with Crippen LogP contribution in [0.5, 0.6) is 0 Å². The molecule has 6 rings (SSSR count). The molecule has 1 aliphatic carbocycles. The van der Waals surface area contributed by atoms with Crippen molar-refractivity contribution in [3.63, 3.8) is 0 Å². The Bertz CT molecular complexity index is 942. The van der Waals surface area contributed by atoms with Crippen molar-refractivity contribution in [2.75, 3.05) is 6.54 Å². The zero-order valence-corrected chi connectivity index (χ0v) is 13.6. The maximum absolute atomic E-state index is 13.0.